The Balaban J connectivity index is 1.89. The lowest BCUT2D eigenvalue weighted by molar-refractivity contribution is 0.323. The lowest BCUT2D eigenvalue weighted by Crippen LogP contribution is -2.05. The highest BCUT2D eigenvalue weighted by atomic mass is 16.5. The maximum Gasteiger partial charge on any atom is 0.203 e. The van der Waals surface area contributed by atoms with Crippen molar-refractivity contribution in [3.63, 3.8) is 0 Å². The largest absolute Gasteiger partial charge is 0.493 e. The van der Waals surface area contributed by atoms with Crippen LogP contribution < -0.4 is 14.2 Å². The van der Waals surface area contributed by atoms with E-state index in [1.807, 2.05) is 0 Å². The number of aryl methyl sites for hydroxylation is 2. The van der Waals surface area contributed by atoms with Crippen molar-refractivity contribution in [3.05, 3.63) is 53.2 Å². The van der Waals surface area contributed by atoms with Gasteiger partial charge < -0.3 is 18.8 Å². The molecule has 1 aromatic heterocycles. The Hall–Kier alpha value is -2.62. The van der Waals surface area contributed by atoms with E-state index in [1.165, 1.54) is 40.4 Å². The van der Waals surface area contributed by atoms with Gasteiger partial charge in [-0.1, -0.05) is 12.5 Å². The predicted molar refractivity (Wildman–Crippen MR) is 108 cm³/mol. The van der Waals surface area contributed by atoms with Gasteiger partial charge in [0.1, 0.15) is 0 Å². The van der Waals surface area contributed by atoms with E-state index in [-0.39, 0.29) is 0 Å². The Morgan fingerprint density at radius 2 is 1.67 bits per heavy atom. The minimum absolute atomic E-state index is 0.334. The lowest BCUT2D eigenvalue weighted by Gasteiger charge is -2.22. The van der Waals surface area contributed by atoms with Crippen LogP contribution in [0.5, 0.6) is 17.2 Å². The molecule has 4 heteroatoms. The molecule has 1 unspecified atom stereocenters. The fourth-order valence-corrected chi connectivity index (χ4v) is 4.49. The van der Waals surface area contributed by atoms with Crippen LogP contribution in [0.4, 0.5) is 0 Å². The number of benzene rings is 2. The summed E-state index contributed by atoms with van der Waals surface area (Å²) in [6.07, 6.45) is 6.86. The molecular weight excluding hydrogens is 338 g/mol. The maximum absolute atomic E-state index is 5.59. The average Bonchev–Trinajstić information content (AvgIpc) is 2.94. The third kappa shape index (κ3) is 2.93. The third-order valence-corrected chi connectivity index (χ3v) is 5.85. The topological polar surface area (TPSA) is 32.6 Å². The van der Waals surface area contributed by atoms with Crippen LogP contribution in [0.25, 0.3) is 10.9 Å². The van der Waals surface area contributed by atoms with Gasteiger partial charge in [-0.2, -0.15) is 0 Å². The highest BCUT2D eigenvalue weighted by molar-refractivity contribution is 5.85. The number of aromatic nitrogens is 1. The molecule has 1 heterocycles. The van der Waals surface area contributed by atoms with Gasteiger partial charge in [0, 0.05) is 30.1 Å². The SMILES string of the molecule is COc1cc(C2CCCCc3c2ccc2c3ccn2C)cc(OC)c1OC. The quantitative estimate of drug-likeness (QED) is 0.606. The fourth-order valence-electron chi connectivity index (χ4n) is 4.49. The van der Waals surface area contributed by atoms with Gasteiger partial charge in [0.15, 0.2) is 11.5 Å². The van der Waals surface area contributed by atoms with Crippen LogP contribution in [0.2, 0.25) is 0 Å². The summed E-state index contributed by atoms with van der Waals surface area (Å²) in [7, 11) is 7.11. The molecule has 1 aliphatic carbocycles. The maximum atomic E-state index is 5.59. The molecule has 0 saturated heterocycles. The predicted octanol–water partition coefficient (Wildman–Crippen LogP) is 5.06. The minimum atomic E-state index is 0.334. The Labute approximate surface area is 160 Å². The Kier molecular flexibility index (Phi) is 4.73. The molecule has 0 fully saturated rings. The van der Waals surface area contributed by atoms with Crippen LogP contribution in [-0.2, 0) is 13.5 Å². The molecule has 0 spiro atoms. The smallest absolute Gasteiger partial charge is 0.203 e. The number of methoxy groups -OCH3 is 3. The lowest BCUT2D eigenvalue weighted by atomic mass is 9.85. The molecule has 0 bridgehead atoms. The molecule has 0 N–H and O–H groups in total. The standard InChI is InChI=1S/C23H27NO3/c1-24-12-11-19-17-8-6-5-7-16(18(17)9-10-20(19)24)15-13-21(25-2)23(27-4)22(14-15)26-3/h9-14,16H,5-8H2,1-4H3. The molecule has 27 heavy (non-hydrogen) atoms. The van der Waals surface area contributed by atoms with E-state index in [0.717, 1.165) is 24.3 Å². The summed E-state index contributed by atoms with van der Waals surface area (Å²) in [6.45, 7) is 0. The summed E-state index contributed by atoms with van der Waals surface area (Å²) in [6, 6.07) is 11.0. The molecule has 4 nitrogen and oxygen atoms in total. The average molecular weight is 365 g/mol. The summed E-state index contributed by atoms with van der Waals surface area (Å²) in [5, 5.41) is 1.38. The van der Waals surface area contributed by atoms with E-state index in [0.29, 0.717) is 11.7 Å². The zero-order valence-electron chi connectivity index (χ0n) is 16.5. The zero-order valence-corrected chi connectivity index (χ0v) is 16.5. The number of hydrogen-bond acceptors (Lipinski definition) is 3. The van der Waals surface area contributed by atoms with Crippen LogP contribution in [0, 0.1) is 0 Å². The Bertz CT molecular complexity index is 948. The molecule has 3 aromatic rings. The van der Waals surface area contributed by atoms with Gasteiger partial charge >= 0.3 is 0 Å². The first-order chi connectivity index (χ1) is 13.2. The van der Waals surface area contributed by atoms with Crippen molar-refractivity contribution in [1.29, 1.82) is 0 Å². The second kappa shape index (κ2) is 7.18. The number of hydrogen-bond donors (Lipinski definition) is 0. The summed E-state index contributed by atoms with van der Waals surface area (Å²) in [4.78, 5) is 0. The first-order valence-electron chi connectivity index (χ1n) is 9.54. The summed E-state index contributed by atoms with van der Waals surface area (Å²) < 4.78 is 18.9. The van der Waals surface area contributed by atoms with Crippen LogP contribution in [0.1, 0.15) is 41.9 Å². The van der Waals surface area contributed by atoms with Gasteiger partial charge in [-0.25, -0.2) is 0 Å². The Morgan fingerprint density at radius 3 is 2.33 bits per heavy atom. The molecule has 0 saturated carbocycles. The summed E-state index contributed by atoms with van der Waals surface area (Å²) >= 11 is 0. The third-order valence-electron chi connectivity index (χ3n) is 5.85. The zero-order chi connectivity index (χ0) is 19.0. The van der Waals surface area contributed by atoms with Crippen LogP contribution in [-0.4, -0.2) is 25.9 Å². The number of nitrogens with zero attached hydrogens (tertiary/aromatic N) is 1. The van der Waals surface area contributed by atoms with Crippen molar-refractivity contribution in [1.82, 2.24) is 4.57 Å². The van der Waals surface area contributed by atoms with Crippen molar-refractivity contribution in [2.45, 2.75) is 31.6 Å². The summed E-state index contributed by atoms with van der Waals surface area (Å²) in [5.41, 5.74) is 5.45. The Morgan fingerprint density at radius 1 is 0.926 bits per heavy atom. The second-order valence-corrected chi connectivity index (χ2v) is 7.25. The number of ether oxygens (including phenoxy) is 3. The van der Waals surface area contributed by atoms with Gasteiger partial charge in [0.2, 0.25) is 5.75 Å². The highest BCUT2D eigenvalue weighted by Crippen LogP contribution is 2.45. The van der Waals surface area contributed by atoms with Gasteiger partial charge in [0.05, 0.1) is 21.3 Å². The monoisotopic (exact) mass is 365 g/mol. The second-order valence-electron chi connectivity index (χ2n) is 7.25. The molecule has 0 radical (unpaired) electrons. The fraction of sp³-hybridized carbons (Fsp3) is 0.391. The first-order valence-corrected chi connectivity index (χ1v) is 9.54. The molecule has 0 aliphatic heterocycles. The van der Waals surface area contributed by atoms with Crippen molar-refractivity contribution in [2.75, 3.05) is 21.3 Å². The molecule has 4 rings (SSSR count). The molecule has 1 aliphatic rings. The van der Waals surface area contributed by atoms with E-state index >= 15 is 0 Å². The van der Waals surface area contributed by atoms with Crippen molar-refractivity contribution >= 4 is 10.9 Å². The minimum Gasteiger partial charge on any atom is -0.493 e. The molecule has 0 amide bonds. The van der Waals surface area contributed by atoms with E-state index < -0.39 is 0 Å². The summed E-state index contributed by atoms with van der Waals surface area (Å²) in [5.74, 6) is 2.42. The molecular formula is C23H27NO3. The van der Waals surface area contributed by atoms with Crippen molar-refractivity contribution in [2.24, 2.45) is 7.05 Å². The normalized spacial score (nSPS) is 16.7. The van der Waals surface area contributed by atoms with Gasteiger partial charge in [-0.15, -0.1) is 0 Å². The van der Waals surface area contributed by atoms with Crippen LogP contribution in [0.15, 0.2) is 36.5 Å². The van der Waals surface area contributed by atoms with Gasteiger partial charge in [-0.05, 0) is 60.2 Å². The van der Waals surface area contributed by atoms with Crippen LogP contribution >= 0.6 is 0 Å². The van der Waals surface area contributed by atoms with Gasteiger partial charge in [-0.3, -0.25) is 0 Å². The molecule has 142 valence electrons. The molecule has 2 aromatic carbocycles. The van der Waals surface area contributed by atoms with Crippen molar-refractivity contribution < 1.29 is 14.2 Å². The number of fused-ring (bicyclic) bond motifs is 3. The van der Waals surface area contributed by atoms with E-state index in [9.17, 15) is 0 Å². The van der Waals surface area contributed by atoms with Crippen LogP contribution in [0.3, 0.4) is 0 Å². The van der Waals surface area contributed by atoms with E-state index in [1.54, 1.807) is 21.3 Å². The van der Waals surface area contributed by atoms with E-state index in [2.05, 4.69) is 48.1 Å². The molecule has 1 atom stereocenters. The van der Waals surface area contributed by atoms with Crippen molar-refractivity contribution in [3.8, 4) is 17.2 Å². The number of rotatable bonds is 4. The highest BCUT2D eigenvalue weighted by Gasteiger charge is 2.25. The van der Waals surface area contributed by atoms with E-state index in [4.69, 9.17) is 14.2 Å². The van der Waals surface area contributed by atoms with Gasteiger partial charge in [0.25, 0.3) is 0 Å². The first kappa shape index (κ1) is 17.8.